The van der Waals surface area contributed by atoms with Crippen LogP contribution in [0.3, 0.4) is 0 Å². The highest BCUT2D eigenvalue weighted by Crippen LogP contribution is 2.18. The van der Waals surface area contributed by atoms with E-state index in [9.17, 15) is 4.79 Å². The topological polar surface area (TPSA) is 98.7 Å². The Balaban J connectivity index is 1.43. The zero-order chi connectivity index (χ0) is 17.1. The Kier molecular flexibility index (Phi) is 4.24. The second-order valence-corrected chi connectivity index (χ2v) is 6.00. The van der Waals surface area contributed by atoms with Crippen LogP contribution in [0.4, 0.5) is 0 Å². The van der Waals surface area contributed by atoms with Crippen LogP contribution in [-0.2, 0) is 19.5 Å². The van der Waals surface area contributed by atoms with Crippen LogP contribution in [0, 0.1) is 0 Å². The standard InChI is InChI=1S/C17H18N6O2/c24-17(16-21-20-15-6-2-1-3-8-23(15)16)19-11-13-9-14(22-25-13)12-5-4-7-18-10-12/h4-5,7,9-10H,1-3,6,8,11H2,(H,19,24). The molecule has 1 amide bonds. The van der Waals surface area contributed by atoms with E-state index in [1.54, 1.807) is 18.5 Å². The lowest BCUT2D eigenvalue weighted by Crippen LogP contribution is -2.26. The molecule has 4 heterocycles. The van der Waals surface area contributed by atoms with Crippen molar-refractivity contribution in [3.8, 4) is 11.3 Å². The van der Waals surface area contributed by atoms with Crippen molar-refractivity contribution >= 4 is 5.91 Å². The minimum absolute atomic E-state index is 0.244. The predicted molar refractivity (Wildman–Crippen MR) is 88.5 cm³/mol. The average Bonchev–Trinajstić information content (AvgIpc) is 3.22. The summed E-state index contributed by atoms with van der Waals surface area (Å²) in [7, 11) is 0. The van der Waals surface area contributed by atoms with Crippen molar-refractivity contribution in [2.75, 3.05) is 0 Å². The maximum atomic E-state index is 12.4. The van der Waals surface area contributed by atoms with Gasteiger partial charge >= 0.3 is 0 Å². The number of hydrogen-bond donors (Lipinski definition) is 1. The van der Waals surface area contributed by atoms with Gasteiger partial charge in [0.1, 0.15) is 11.5 Å². The number of rotatable bonds is 4. The second-order valence-electron chi connectivity index (χ2n) is 6.00. The molecule has 1 N–H and O–H groups in total. The molecule has 0 unspecified atom stereocenters. The number of carbonyl (C=O) groups excluding carboxylic acids is 1. The first kappa shape index (κ1) is 15.5. The van der Waals surface area contributed by atoms with Gasteiger partial charge in [0.25, 0.3) is 5.91 Å². The number of nitrogens with zero attached hydrogens (tertiary/aromatic N) is 5. The summed E-state index contributed by atoms with van der Waals surface area (Å²) in [6, 6.07) is 5.53. The largest absolute Gasteiger partial charge is 0.359 e. The van der Waals surface area contributed by atoms with Gasteiger partial charge in [0, 0.05) is 37.0 Å². The Bertz CT molecular complexity index is 870. The monoisotopic (exact) mass is 338 g/mol. The Morgan fingerprint density at radius 1 is 1.28 bits per heavy atom. The Hall–Kier alpha value is -3.03. The molecule has 128 valence electrons. The van der Waals surface area contributed by atoms with Crippen LogP contribution in [-0.4, -0.2) is 30.8 Å². The van der Waals surface area contributed by atoms with Crippen molar-refractivity contribution in [3.63, 3.8) is 0 Å². The van der Waals surface area contributed by atoms with Gasteiger partial charge in [-0.15, -0.1) is 10.2 Å². The molecule has 3 aromatic rings. The number of amides is 1. The van der Waals surface area contributed by atoms with Crippen molar-refractivity contribution < 1.29 is 9.32 Å². The first-order chi connectivity index (χ1) is 12.3. The average molecular weight is 338 g/mol. The summed E-state index contributed by atoms with van der Waals surface area (Å²) in [5, 5.41) is 15.0. The van der Waals surface area contributed by atoms with Crippen molar-refractivity contribution in [2.45, 2.75) is 38.8 Å². The van der Waals surface area contributed by atoms with Crippen LogP contribution < -0.4 is 5.32 Å². The van der Waals surface area contributed by atoms with E-state index in [4.69, 9.17) is 4.52 Å². The lowest BCUT2D eigenvalue weighted by molar-refractivity contribution is 0.0931. The highest BCUT2D eigenvalue weighted by molar-refractivity contribution is 5.90. The molecular formula is C17H18N6O2. The molecule has 0 bridgehead atoms. The highest BCUT2D eigenvalue weighted by Gasteiger charge is 2.20. The predicted octanol–water partition coefficient (Wildman–Crippen LogP) is 1.98. The number of carbonyl (C=O) groups is 1. The Morgan fingerprint density at radius 2 is 2.24 bits per heavy atom. The third-order valence-corrected chi connectivity index (χ3v) is 4.25. The highest BCUT2D eigenvalue weighted by atomic mass is 16.5. The van der Waals surface area contributed by atoms with E-state index in [0.29, 0.717) is 17.3 Å². The van der Waals surface area contributed by atoms with Crippen LogP contribution in [0.2, 0.25) is 0 Å². The molecule has 0 saturated carbocycles. The van der Waals surface area contributed by atoms with E-state index in [-0.39, 0.29) is 12.5 Å². The first-order valence-electron chi connectivity index (χ1n) is 8.37. The molecule has 1 aliphatic rings. The fourth-order valence-corrected chi connectivity index (χ4v) is 2.95. The minimum atomic E-state index is -0.250. The van der Waals surface area contributed by atoms with Gasteiger partial charge in [0.2, 0.25) is 5.82 Å². The first-order valence-corrected chi connectivity index (χ1v) is 8.37. The van der Waals surface area contributed by atoms with Gasteiger partial charge in [-0.2, -0.15) is 0 Å². The molecule has 0 fully saturated rings. The number of nitrogens with one attached hydrogen (secondary N) is 1. The lowest BCUT2D eigenvalue weighted by Gasteiger charge is -2.06. The van der Waals surface area contributed by atoms with Gasteiger partial charge < -0.3 is 14.4 Å². The molecule has 1 aliphatic heterocycles. The number of fused-ring (bicyclic) bond motifs is 1. The van der Waals surface area contributed by atoms with Crippen LogP contribution >= 0.6 is 0 Å². The third kappa shape index (κ3) is 3.28. The summed E-state index contributed by atoms with van der Waals surface area (Å²) >= 11 is 0. The molecule has 8 nitrogen and oxygen atoms in total. The zero-order valence-corrected chi connectivity index (χ0v) is 13.7. The number of aryl methyl sites for hydroxylation is 1. The van der Waals surface area contributed by atoms with E-state index in [1.807, 2.05) is 16.7 Å². The van der Waals surface area contributed by atoms with E-state index in [0.717, 1.165) is 43.6 Å². The molecule has 0 atom stereocenters. The van der Waals surface area contributed by atoms with Crippen LogP contribution in [0.5, 0.6) is 0 Å². The summed E-state index contributed by atoms with van der Waals surface area (Å²) in [5.41, 5.74) is 1.56. The maximum absolute atomic E-state index is 12.4. The van der Waals surface area contributed by atoms with E-state index < -0.39 is 0 Å². The third-order valence-electron chi connectivity index (χ3n) is 4.25. The summed E-state index contributed by atoms with van der Waals surface area (Å²) in [6.07, 6.45) is 7.57. The van der Waals surface area contributed by atoms with Crippen molar-refractivity contribution in [1.29, 1.82) is 0 Å². The molecule has 0 radical (unpaired) electrons. The quantitative estimate of drug-likeness (QED) is 0.781. The second kappa shape index (κ2) is 6.84. The van der Waals surface area contributed by atoms with Gasteiger partial charge in [-0.1, -0.05) is 11.6 Å². The minimum Gasteiger partial charge on any atom is -0.359 e. The molecule has 0 aromatic carbocycles. The normalized spacial score (nSPS) is 13.9. The molecule has 8 heteroatoms. The lowest BCUT2D eigenvalue weighted by atomic mass is 10.2. The van der Waals surface area contributed by atoms with Crippen LogP contribution in [0.15, 0.2) is 35.1 Å². The van der Waals surface area contributed by atoms with E-state index in [1.165, 1.54) is 0 Å². The maximum Gasteiger partial charge on any atom is 0.289 e. The van der Waals surface area contributed by atoms with Gasteiger partial charge in [0.15, 0.2) is 5.76 Å². The Morgan fingerprint density at radius 3 is 3.12 bits per heavy atom. The smallest absolute Gasteiger partial charge is 0.289 e. The van der Waals surface area contributed by atoms with Crippen molar-refractivity contribution in [2.24, 2.45) is 0 Å². The molecule has 0 saturated heterocycles. The molecule has 3 aromatic heterocycles. The SMILES string of the molecule is O=C(NCc1cc(-c2cccnc2)no1)c1nnc2n1CCCCC2. The molecule has 0 aliphatic carbocycles. The van der Waals surface area contributed by atoms with Crippen LogP contribution in [0.1, 0.15) is 41.5 Å². The van der Waals surface area contributed by atoms with Gasteiger partial charge in [-0.25, -0.2) is 0 Å². The summed E-state index contributed by atoms with van der Waals surface area (Å²) < 4.78 is 7.20. The van der Waals surface area contributed by atoms with Crippen molar-refractivity contribution in [1.82, 2.24) is 30.2 Å². The van der Waals surface area contributed by atoms with Gasteiger partial charge in [0.05, 0.1) is 6.54 Å². The number of pyridine rings is 1. The fourth-order valence-electron chi connectivity index (χ4n) is 2.95. The number of aromatic nitrogens is 5. The molecule has 25 heavy (non-hydrogen) atoms. The molecular weight excluding hydrogens is 320 g/mol. The fraction of sp³-hybridized carbons (Fsp3) is 0.353. The van der Waals surface area contributed by atoms with E-state index in [2.05, 4.69) is 25.7 Å². The van der Waals surface area contributed by atoms with Crippen LogP contribution in [0.25, 0.3) is 11.3 Å². The van der Waals surface area contributed by atoms with Gasteiger partial charge in [-0.3, -0.25) is 9.78 Å². The van der Waals surface area contributed by atoms with E-state index >= 15 is 0 Å². The zero-order valence-electron chi connectivity index (χ0n) is 13.7. The van der Waals surface area contributed by atoms with Gasteiger partial charge in [-0.05, 0) is 25.0 Å². The summed E-state index contributed by atoms with van der Waals surface area (Å²) in [6.45, 7) is 1.03. The number of hydrogen-bond acceptors (Lipinski definition) is 6. The summed E-state index contributed by atoms with van der Waals surface area (Å²) in [5.74, 6) is 1.58. The van der Waals surface area contributed by atoms with Crippen molar-refractivity contribution in [3.05, 3.63) is 48.0 Å². The molecule has 0 spiro atoms. The Labute approximate surface area is 144 Å². The summed E-state index contributed by atoms with van der Waals surface area (Å²) in [4.78, 5) is 16.5. The molecule has 4 rings (SSSR count).